The number of nitrogens with zero attached hydrogens (tertiary/aromatic N) is 2. The van der Waals surface area contributed by atoms with Crippen LogP contribution in [0, 0.1) is 13.8 Å². The number of ether oxygens (including phenoxy) is 1. The van der Waals surface area contributed by atoms with Gasteiger partial charge in [-0.1, -0.05) is 31.0 Å². The second-order valence-electron chi connectivity index (χ2n) is 4.62. The lowest BCUT2D eigenvalue weighted by atomic mass is 10.1. The maximum absolute atomic E-state index is 6.11. The van der Waals surface area contributed by atoms with E-state index in [0.717, 1.165) is 35.3 Å². The van der Waals surface area contributed by atoms with E-state index < -0.39 is 0 Å². The molecule has 2 aromatic rings. The Morgan fingerprint density at radius 1 is 1.11 bits per heavy atom. The molecule has 100 valence electrons. The van der Waals surface area contributed by atoms with E-state index >= 15 is 0 Å². The second kappa shape index (κ2) is 6.02. The van der Waals surface area contributed by atoms with E-state index in [1.165, 1.54) is 6.33 Å². The summed E-state index contributed by atoms with van der Waals surface area (Å²) in [4.78, 5) is 8.20. The molecule has 0 N–H and O–H groups in total. The maximum atomic E-state index is 6.11. The van der Waals surface area contributed by atoms with Crippen molar-refractivity contribution < 1.29 is 4.74 Å². The molecule has 0 bridgehead atoms. The molecule has 1 heterocycles. The first-order chi connectivity index (χ1) is 9.10. The third-order valence-electron chi connectivity index (χ3n) is 2.76. The minimum atomic E-state index is 0.469. The molecular formula is C15H17ClN2O. The number of rotatable bonds is 4. The first-order valence-corrected chi connectivity index (χ1v) is 6.73. The van der Waals surface area contributed by atoms with Crippen LogP contribution in [0.5, 0.6) is 11.6 Å². The van der Waals surface area contributed by atoms with Gasteiger partial charge < -0.3 is 4.74 Å². The standard InChI is InChI=1S/C15H17ClN2O/c1-4-5-13-14(16)17-9-18-15(13)19-12-7-10(2)6-11(3)8-12/h6-9H,4-5H2,1-3H3. The number of hydrogen-bond donors (Lipinski definition) is 0. The van der Waals surface area contributed by atoms with Crippen molar-refractivity contribution in [2.24, 2.45) is 0 Å². The van der Waals surface area contributed by atoms with Gasteiger partial charge in [-0.2, -0.15) is 0 Å². The van der Waals surface area contributed by atoms with Crippen LogP contribution in [0.3, 0.4) is 0 Å². The number of aromatic nitrogens is 2. The van der Waals surface area contributed by atoms with E-state index in [9.17, 15) is 0 Å². The minimum absolute atomic E-state index is 0.469. The van der Waals surface area contributed by atoms with Gasteiger partial charge in [0.1, 0.15) is 17.2 Å². The molecule has 1 aromatic heterocycles. The molecule has 0 spiro atoms. The Morgan fingerprint density at radius 2 is 1.79 bits per heavy atom. The summed E-state index contributed by atoms with van der Waals surface area (Å²) in [6.45, 7) is 6.17. The molecule has 0 fully saturated rings. The van der Waals surface area contributed by atoms with Gasteiger partial charge >= 0.3 is 0 Å². The molecule has 4 heteroatoms. The zero-order valence-corrected chi connectivity index (χ0v) is 12.2. The van der Waals surface area contributed by atoms with E-state index in [2.05, 4.69) is 23.0 Å². The Bertz CT molecular complexity index is 564. The summed E-state index contributed by atoms with van der Waals surface area (Å²) in [6, 6.07) is 6.07. The summed E-state index contributed by atoms with van der Waals surface area (Å²) in [5, 5.41) is 0.469. The van der Waals surface area contributed by atoms with Crippen molar-refractivity contribution in [1.29, 1.82) is 0 Å². The van der Waals surface area contributed by atoms with Crippen molar-refractivity contribution in [2.45, 2.75) is 33.6 Å². The molecule has 0 unspecified atom stereocenters. The average molecular weight is 277 g/mol. The van der Waals surface area contributed by atoms with Crippen LogP contribution in [0.2, 0.25) is 5.15 Å². The zero-order chi connectivity index (χ0) is 13.8. The van der Waals surface area contributed by atoms with Crippen LogP contribution >= 0.6 is 11.6 Å². The quantitative estimate of drug-likeness (QED) is 0.772. The first-order valence-electron chi connectivity index (χ1n) is 6.35. The molecule has 2 rings (SSSR count). The monoisotopic (exact) mass is 276 g/mol. The molecule has 3 nitrogen and oxygen atoms in total. The van der Waals surface area contributed by atoms with Crippen LogP contribution in [0.1, 0.15) is 30.0 Å². The average Bonchev–Trinajstić information content (AvgIpc) is 2.32. The van der Waals surface area contributed by atoms with Crippen molar-refractivity contribution >= 4 is 11.6 Å². The fraction of sp³-hybridized carbons (Fsp3) is 0.333. The summed E-state index contributed by atoms with van der Waals surface area (Å²) in [5.41, 5.74) is 3.19. The number of benzene rings is 1. The molecule has 0 atom stereocenters. The lowest BCUT2D eigenvalue weighted by Gasteiger charge is -2.11. The fourth-order valence-electron chi connectivity index (χ4n) is 2.03. The predicted octanol–water partition coefficient (Wildman–Crippen LogP) is 4.49. The fourth-order valence-corrected chi connectivity index (χ4v) is 2.25. The topological polar surface area (TPSA) is 35.0 Å². The molecule has 0 aliphatic rings. The van der Waals surface area contributed by atoms with Crippen molar-refractivity contribution in [2.75, 3.05) is 0 Å². The molecule has 0 radical (unpaired) electrons. The van der Waals surface area contributed by atoms with Crippen LogP contribution in [-0.2, 0) is 6.42 Å². The van der Waals surface area contributed by atoms with E-state index in [1.54, 1.807) is 0 Å². The third kappa shape index (κ3) is 3.44. The van der Waals surface area contributed by atoms with Crippen molar-refractivity contribution in [3.8, 4) is 11.6 Å². The van der Waals surface area contributed by atoms with E-state index in [0.29, 0.717) is 11.0 Å². The molecule has 0 amide bonds. The molecule has 0 saturated heterocycles. The van der Waals surface area contributed by atoms with Crippen LogP contribution in [-0.4, -0.2) is 9.97 Å². The van der Waals surface area contributed by atoms with Crippen molar-refractivity contribution in [1.82, 2.24) is 9.97 Å². The van der Waals surface area contributed by atoms with Gasteiger partial charge in [0.15, 0.2) is 0 Å². The molecular weight excluding hydrogens is 260 g/mol. The van der Waals surface area contributed by atoms with Gasteiger partial charge in [-0.05, 0) is 43.5 Å². The van der Waals surface area contributed by atoms with Gasteiger partial charge in [-0.25, -0.2) is 9.97 Å². The van der Waals surface area contributed by atoms with Crippen LogP contribution < -0.4 is 4.74 Å². The summed E-state index contributed by atoms with van der Waals surface area (Å²) < 4.78 is 5.87. The van der Waals surface area contributed by atoms with E-state index in [-0.39, 0.29) is 0 Å². The van der Waals surface area contributed by atoms with Crippen molar-refractivity contribution in [3.63, 3.8) is 0 Å². The second-order valence-corrected chi connectivity index (χ2v) is 4.98. The molecule has 19 heavy (non-hydrogen) atoms. The maximum Gasteiger partial charge on any atom is 0.227 e. The normalized spacial score (nSPS) is 10.5. The molecule has 0 aliphatic carbocycles. The summed E-state index contributed by atoms with van der Waals surface area (Å²) in [5.74, 6) is 1.33. The number of hydrogen-bond acceptors (Lipinski definition) is 3. The highest BCUT2D eigenvalue weighted by atomic mass is 35.5. The van der Waals surface area contributed by atoms with Gasteiger partial charge in [-0.15, -0.1) is 0 Å². The van der Waals surface area contributed by atoms with Crippen LogP contribution in [0.15, 0.2) is 24.5 Å². The summed E-state index contributed by atoms with van der Waals surface area (Å²) in [7, 11) is 0. The SMILES string of the molecule is CCCc1c(Cl)ncnc1Oc1cc(C)cc(C)c1. The van der Waals surface area contributed by atoms with Gasteiger partial charge in [-0.3, -0.25) is 0 Å². The van der Waals surface area contributed by atoms with Crippen LogP contribution in [0.25, 0.3) is 0 Å². The summed E-state index contributed by atoms with van der Waals surface area (Å²) in [6.07, 6.45) is 3.20. The highest BCUT2D eigenvalue weighted by Crippen LogP contribution is 2.28. The Labute approximate surface area is 118 Å². The first kappa shape index (κ1) is 13.8. The lowest BCUT2D eigenvalue weighted by Crippen LogP contribution is -1.98. The van der Waals surface area contributed by atoms with Crippen molar-refractivity contribution in [3.05, 3.63) is 46.4 Å². The highest BCUT2D eigenvalue weighted by Gasteiger charge is 2.11. The number of halogens is 1. The van der Waals surface area contributed by atoms with Gasteiger partial charge in [0, 0.05) is 0 Å². The molecule has 0 saturated carbocycles. The third-order valence-corrected chi connectivity index (χ3v) is 3.09. The van der Waals surface area contributed by atoms with Gasteiger partial charge in [0.2, 0.25) is 5.88 Å². The van der Waals surface area contributed by atoms with E-state index in [4.69, 9.17) is 16.3 Å². The Hall–Kier alpha value is -1.61. The predicted molar refractivity (Wildman–Crippen MR) is 77.0 cm³/mol. The lowest BCUT2D eigenvalue weighted by molar-refractivity contribution is 0.453. The smallest absolute Gasteiger partial charge is 0.227 e. The highest BCUT2D eigenvalue weighted by molar-refractivity contribution is 6.30. The molecule has 1 aromatic carbocycles. The van der Waals surface area contributed by atoms with Gasteiger partial charge in [0.05, 0.1) is 5.56 Å². The largest absolute Gasteiger partial charge is 0.439 e. The Morgan fingerprint density at radius 3 is 2.42 bits per heavy atom. The number of aryl methyl sites for hydroxylation is 2. The molecule has 0 aliphatic heterocycles. The zero-order valence-electron chi connectivity index (χ0n) is 11.4. The van der Waals surface area contributed by atoms with Crippen LogP contribution in [0.4, 0.5) is 0 Å². The Kier molecular flexibility index (Phi) is 4.38. The van der Waals surface area contributed by atoms with E-state index in [1.807, 2.05) is 26.0 Å². The minimum Gasteiger partial charge on any atom is -0.439 e. The Balaban J connectivity index is 2.34. The van der Waals surface area contributed by atoms with Gasteiger partial charge in [0.25, 0.3) is 0 Å². The summed E-state index contributed by atoms with van der Waals surface area (Å²) >= 11 is 6.11.